The fourth-order valence-electron chi connectivity index (χ4n) is 4.01. The second kappa shape index (κ2) is 8.70. The number of nitrogens with zero attached hydrogens (tertiary/aromatic N) is 4. The molecule has 9 heteroatoms. The van der Waals surface area contributed by atoms with Crippen LogP contribution < -0.4 is 16.0 Å². The summed E-state index contributed by atoms with van der Waals surface area (Å²) in [5, 5.41) is 4.06. The zero-order valence-electron chi connectivity index (χ0n) is 17.8. The summed E-state index contributed by atoms with van der Waals surface area (Å²) in [5.74, 6) is -0.0936. The number of carbonyl (C=O) groups is 2. The van der Waals surface area contributed by atoms with Crippen molar-refractivity contribution in [2.24, 2.45) is 5.73 Å². The first-order valence-corrected chi connectivity index (χ1v) is 10.7. The van der Waals surface area contributed by atoms with Crippen molar-refractivity contribution < 1.29 is 14.0 Å². The predicted octanol–water partition coefficient (Wildman–Crippen LogP) is 2.78. The van der Waals surface area contributed by atoms with Crippen LogP contribution in [0.1, 0.15) is 33.6 Å². The van der Waals surface area contributed by atoms with E-state index in [2.05, 4.69) is 20.3 Å². The van der Waals surface area contributed by atoms with Crippen LogP contribution in [0.5, 0.6) is 0 Å². The van der Waals surface area contributed by atoms with Gasteiger partial charge in [-0.1, -0.05) is 12.1 Å². The normalized spacial score (nSPS) is 14.4. The number of nitrogens with one attached hydrogen (secondary N) is 1. The number of fused-ring (bicyclic) bond motifs is 1. The van der Waals surface area contributed by atoms with E-state index >= 15 is 0 Å². The monoisotopic (exact) mass is 442 g/mol. The zero-order chi connectivity index (χ0) is 22.8. The van der Waals surface area contributed by atoms with E-state index in [1.54, 1.807) is 12.5 Å². The molecule has 1 saturated heterocycles. The minimum Gasteiger partial charge on any atom is -0.464 e. The Morgan fingerprint density at radius 1 is 0.970 bits per heavy atom. The van der Waals surface area contributed by atoms with E-state index in [1.807, 2.05) is 41.3 Å². The summed E-state index contributed by atoms with van der Waals surface area (Å²) < 4.78 is 5.44. The summed E-state index contributed by atoms with van der Waals surface area (Å²) in [6.07, 6.45) is 7.78. The third kappa shape index (κ3) is 4.25. The lowest BCUT2D eigenvalue weighted by molar-refractivity contribution is 0.0930. The quantitative estimate of drug-likeness (QED) is 0.486. The number of nitrogens with two attached hydrogens (primary N) is 1. The molecule has 4 aromatic rings. The Labute approximate surface area is 189 Å². The molecular formula is C24H22N6O3. The number of pyridine rings is 1. The number of hydrogen-bond acceptors (Lipinski definition) is 7. The van der Waals surface area contributed by atoms with Crippen molar-refractivity contribution in [3.63, 3.8) is 0 Å². The Morgan fingerprint density at radius 3 is 2.39 bits per heavy atom. The summed E-state index contributed by atoms with van der Waals surface area (Å²) >= 11 is 0. The zero-order valence-corrected chi connectivity index (χ0v) is 17.8. The molecule has 4 heterocycles. The summed E-state index contributed by atoms with van der Waals surface area (Å²) in [4.78, 5) is 38.9. The summed E-state index contributed by atoms with van der Waals surface area (Å²) in [6.45, 7) is 1.42. The molecule has 3 N–H and O–H groups in total. The topological polar surface area (TPSA) is 127 Å². The molecule has 1 fully saturated rings. The number of rotatable bonds is 5. The van der Waals surface area contributed by atoms with Gasteiger partial charge in [0.1, 0.15) is 5.58 Å². The highest BCUT2D eigenvalue weighted by molar-refractivity contribution is 5.96. The number of carbonyl (C=O) groups excluding carboxylic acids is 2. The molecule has 1 aromatic carbocycles. The Morgan fingerprint density at radius 2 is 1.70 bits per heavy atom. The van der Waals surface area contributed by atoms with Crippen molar-refractivity contribution >= 4 is 28.7 Å². The molecule has 1 aliphatic heterocycles. The third-order valence-corrected chi connectivity index (χ3v) is 5.84. The highest BCUT2D eigenvalue weighted by Gasteiger charge is 2.23. The SMILES string of the molecule is NC(=O)c1cnc(N2CCC(NC(=O)c3ccc(-c4nccc5occc45)cc3)CC2)nc1. The molecule has 0 atom stereocenters. The number of hydrogen-bond donors (Lipinski definition) is 2. The van der Waals surface area contributed by atoms with Crippen molar-refractivity contribution in [1.29, 1.82) is 0 Å². The van der Waals surface area contributed by atoms with Gasteiger partial charge in [0.05, 0.1) is 17.5 Å². The van der Waals surface area contributed by atoms with E-state index in [-0.39, 0.29) is 17.5 Å². The standard InChI is InChI=1S/C24H22N6O3/c25-22(31)17-13-27-24(28-14-17)30-10-6-18(7-11-30)29-23(32)16-3-1-15(2-4-16)21-19-8-12-33-20(19)5-9-26-21/h1-5,8-9,12-14,18H,6-7,10-11H2,(H2,25,31)(H,29,32). The van der Waals surface area contributed by atoms with Gasteiger partial charge < -0.3 is 20.4 Å². The van der Waals surface area contributed by atoms with Gasteiger partial charge in [-0.25, -0.2) is 9.97 Å². The Kier molecular flexibility index (Phi) is 5.43. The van der Waals surface area contributed by atoms with E-state index < -0.39 is 5.91 Å². The maximum atomic E-state index is 12.8. The van der Waals surface area contributed by atoms with Gasteiger partial charge in [0.2, 0.25) is 5.95 Å². The van der Waals surface area contributed by atoms with Crippen LogP contribution >= 0.6 is 0 Å². The van der Waals surface area contributed by atoms with E-state index in [0.717, 1.165) is 35.1 Å². The molecule has 0 saturated carbocycles. The van der Waals surface area contributed by atoms with Crippen molar-refractivity contribution in [3.05, 3.63) is 72.4 Å². The lowest BCUT2D eigenvalue weighted by Crippen LogP contribution is -2.45. The van der Waals surface area contributed by atoms with Gasteiger partial charge in [0, 0.05) is 54.2 Å². The summed E-state index contributed by atoms with van der Waals surface area (Å²) in [6, 6.07) is 11.2. The van der Waals surface area contributed by atoms with E-state index in [0.29, 0.717) is 24.6 Å². The van der Waals surface area contributed by atoms with Gasteiger partial charge >= 0.3 is 0 Å². The molecule has 0 spiro atoms. The average molecular weight is 442 g/mol. The molecule has 5 rings (SSSR count). The number of furan rings is 1. The molecular weight excluding hydrogens is 420 g/mol. The number of anilines is 1. The molecule has 3 aromatic heterocycles. The smallest absolute Gasteiger partial charge is 0.251 e. The average Bonchev–Trinajstić information content (AvgIpc) is 3.34. The van der Waals surface area contributed by atoms with Crippen molar-refractivity contribution in [2.45, 2.75) is 18.9 Å². The molecule has 33 heavy (non-hydrogen) atoms. The van der Waals surface area contributed by atoms with Gasteiger partial charge in [-0.2, -0.15) is 0 Å². The molecule has 2 amide bonds. The minimum atomic E-state index is -0.550. The van der Waals surface area contributed by atoms with Crippen LogP contribution in [0.15, 0.2) is 65.7 Å². The second-order valence-electron chi connectivity index (χ2n) is 7.94. The molecule has 1 aliphatic rings. The lowest BCUT2D eigenvalue weighted by atomic mass is 10.0. The van der Waals surface area contributed by atoms with Crippen molar-refractivity contribution in [1.82, 2.24) is 20.3 Å². The summed E-state index contributed by atoms with van der Waals surface area (Å²) in [5.41, 5.74) is 8.65. The van der Waals surface area contributed by atoms with Gasteiger partial charge in [-0.05, 0) is 37.1 Å². The first-order chi connectivity index (χ1) is 16.1. The van der Waals surface area contributed by atoms with Crippen LogP contribution in [0, 0.1) is 0 Å². The first kappa shape index (κ1) is 20.6. The minimum absolute atomic E-state index is 0.0691. The maximum Gasteiger partial charge on any atom is 0.251 e. The van der Waals surface area contributed by atoms with Gasteiger partial charge in [0.25, 0.3) is 11.8 Å². The molecule has 0 bridgehead atoms. The van der Waals surface area contributed by atoms with Crippen LogP contribution in [0.2, 0.25) is 0 Å². The van der Waals surface area contributed by atoms with Gasteiger partial charge in [-0.15, -0.1) is 0 Å². The third-order valence-electron chi connectivity index (χ3n) is 5.84. The first-order valence-electron chi connectivity index (χ1n) is 10.7. The lowest BCUT2D eigenvalue weighted by Gasteiger charge is -2.32. The van der Waals surface area contributed by atoms with E-state index in [4.69, 9.17) is 10.2 Å². The van der Waals surface area contributed by atoms with Crippen LogP contribution in [-0.4, -0.2) is 45.9 Å². The van der Waals surface area contributed by atoms with Crippen LogP contribution in [0.25, 0.3) is 22.2 Å². The molecule has 0 radical (unpaired) electrons. The van der Waals surface area contributed by atoms with Crippen molar-refractivity contribution in [2.75, 3.05) is 18.0 Å². The van der Waals surface area contributed by atoms with Crippen LogP contribution in [0.4, 0.5) is 5.95 Å². The maximum absolute atomic E-state index is 12.8. The number of aromatic nitrogens is 3. The fraction of sp³-hybridized carbons (Fsp3) is 0.208. The second-order valence-corrected chi connectivity index (χ2v) is 7.94. The van der Waals surface area contributed by atoms with E-state index in [1.165, 1.54) is 12.4 Å². The fourth-order valence-corrected chi connectivity index (χ4v) is 4.01. The number of benzene rings is 1. The molecule has 166 valence electrons. The molecule has 0 aliphatic carbocycles. The largest absolute Gasteiger partial charge is 0.464 e. The summed E-state index contributed by atoms with van der Waals surface area (Å²) in [7, 11) is 0. The van der Waals surface area contributed by atoms with E-state index in [9.17, 15) is 9.59 Å². The number of amides is 2. The van der Waals surface area contributed by atoms with Gasteiger partial charge in [0.15, 0.2) is 0 Å². The Balaban J connectivity index is 1.19. The number of primary amides is 1. The van der Waals surface area contributed by atoms with Crippen LogP contribution in [0.3, 0.4) is 0 Å². The highest BCUT2D eigenvalue weighted by Crippen LogP contribution is 2.27. The van der Waals surface area contributed by atoms with Gasteiger partial charge in [-0.3, -0.25) is 14.6 Å². The van der Waals surface area contributed by atoms with Crippen molar-refractivity contribution in [3.8, 4) is 11.3 Å². The molecule has 0 unspecified atom stereocenters. The Bertz CT molecular complexity index is 1290. The number of piperidine rings is 1. The predicted molar refractivity (Wildman–Crippen MR) is 123 cm³/mol. The highest BCUT2D eigenvalue weighted by atomic mass is 16.3. The van der Waals surface area contributed by atoms with Crippen LogP contribution in [-0.2, 0) is 0 Å². The Hall–Kier alpha value is -4.27. The molecule has 9 nitrogen and oxygen atoms in total.